The summed E-state index contributed by atoms with van der Waals surface area (Å²) in [6, 6.07) is 9.56. The molecule has 2 heterocycles. The molecule has 1 N–H and O–H groups in total. The molecule has 2 aromatic rings. The van der Waals surface area contributed by atoms with Crippen molar-refractivity contribution in [1.29, 1.82) is 0 Å². The maximum Gasteiger partial charge on any atom is 0.166 e. The number of thiocarbonyl (C=S) groups is 1. The highest BCUT2D eigenvalue weighted by Crippen LogP contribution is 2.42. The molecule has 0 saturated carbocycles. The topological polar surface area (TPSA) is 36.4 Å². The molecule has 1 aromatic heterocycles. The van der Waals surface area contributed by atoms with Crippen molar-refractivity contribution in [3.8, 4) is 0 Å². The Morgan fingerprint density at radius 1 is 1.41 bits per heavy atom. The molecular formula is C17H17ClN2OS. The minimum atomic E-state index is -1.16. The summed E-state index contributed by atoms with van der Waals surface area (Å²) in [6.45, 7) is 2.51. The lowest BCUT2D eigenvalue weighted by Crippen LogP contribution is -2.42. The third kappa shape index (κ3) is 2.74. The predicted molar refractivity (Wildman–Crippen MR) is 91.7 cm³/mol. The van der Waals surface area contributed by atoms with Crippen molar-refractivity contribution in [3.63, 3.8) is 0 Å². The fraction of sp³-hybridized carbons (Fsp3) is 0.294. The van der Waals surface area contributed by atoms with Crippen LogP contribution in [-0.2, 0) is 12.3 Å². The smallest absolute Gasteiger partial charge is 0.166 e. The van der Waals surface area contributed by atoms with E-state index in [0.29, 0.717) is 24.4 Å². The lowest BCUT2D eigenvalue weighted by molar-refractivity contribution is -0.0677. The Morgan fingerprint density at radius 2 is 2.23 bits per heavy atom. The monoisotopic (exact) mass is 332 g/mol. The number of hydrogen-bond acceptors (Lipinski definition) is 3. The van der Waals surface area contributed by atoms with Crippen LogP contribution in [0.15, 0.2) is 42.7 Å². The van der Waals surface area contributed by atoms with E-state index in [4.69, 9.17) is 23.8 Å². The zero-order valence-electron chi connectivity index (χ0n) is 12.3. The molecule has 0 spiro atoms. The Labute approximate surface area is 140 Å². The molecular weight excluding hydrogens is 316 g/mol. The summed E-state index contributed by atoms with van der Waals surface area (Å²) in [5, 5.41) is 11.9. The molecule has 114 valence electrons. The van der Waals surface area contributed by atoms with Crippen LogP contribution in [0.25, 0.3) is 0 Å². The van der Waals surface area contributed by atoms with Crippen molar-refractivity contribution in [2.45, 2.75) is 32.0 Å². The number of halogens is 1. The number of benzene rings is 1. The van der Waals surface area contributed by atoms with Crippen LogP contribution in [0.4, 0.5) is 0 Å². The minimum Gasteiger partial charge on any atom is -0.367 e. The third-order valence-corrected chi connectivity index (χ3v) is 4.81. The number of aromatic nitrogens is 1. The van der Waals surface area contributed by atoms with E-state index < -0.39 is 5.72 Å². The van der Waals surface area contributed by atoms with Crippen LogP contribution < -0.4 is 0 Å². The molecule has 1 unspecified atom stereocenters. The average molecular weight is 333 g/mol. The van der Waals surface area contributed by atoms with Crippen LogP contribution >= 0.6 is 23.8 Å². The fourth-order valence-corrected chi connectivity index (χ4v) is 3.46. The molecule has 0 bridgehead atoms. The van der Waals surface area contributed by atoms with Crippen molar-refractivity contribution in [3.05, 3.63) is 64.4 Å². The highest BCUT2D eigenvalue weighted by molar-refractivity contribution is 7.80. The summed E-state index contributed by atoms with van der Waals surface area (Å²) < 4.78 is 0. The van der Waals surface area contributed by atoms with Gasteiger partial charge in [0.2, 0.25) is 0 Å². The Balaban J connectivity index is 2.00. The molecule has 3 nitrogen and oxygen atoms in total. The summed E-state index contributed by atoms with van der Waals surface area (Å²) in [7, 11) is 0. The second kappa shape index (κ2) is 5.95. The number of aryl methyl sites for hydroxylation is 1. The van der Waals surface area contributed by atoms with Gasteiger partial charge in [-0.2, -0.15) is 0 Å². The minimum absolute atomic E-state index is 0.521. The standard InChI is InChI=1S/C17H17ClN2OS/c1-12-4-5-15(18)14(9-12)17(21)7-6-16(22)20(17)11-13-3-2-8-19-10-13/h2-5,8-10,21H,6-7,11H2,1H3. The zero-order chi connectivity index (χ0) is 15.7. The number of hydrogen-bond donors (Lipinski definition) is 1. The van der Waals surface area contributed by atoms with Gasteiger partial charge in [-0.05, 0) is 30.7 Å². The highest BCUT2D eigenvalue weighted by atomic mass is 35.5. The van der Waals surface area contributed by atoms with Crippen LogP contribution in [0.1, 0.15) is 29.5 Å². The summed E-state index contributed by atoms with van der Waals surface area (Å²) >= 11 is 11.8. The largest absolute Gasteiger partial charge is 0.367 e. The first kappa shape index (κ1) is 15.4. The third-order valence-electron chi connectivity index (χ3n) is 4.05. The Kier molecular flexibility index (Phi) is 4.17. The van der Waals surface area contributed by atoms with E-state index in [1.807, 2.05) is 42.2 Å². The lowest BCUT2D eigenvalue weighted by Gasteiger charge is -2.36. The van der Waals surface area contributed by atoms with Gasteiger partial charge in [0.25, 0.3) is 0 Å². The molecule has 1 aliphatic heterocycles. The molecule has 22 heavy (non-hydrogen) atoms. The van der Waals surface area contributed by atoms with Crippen molar-refractivity contribution in [2.24, 2.45) is 0 Å². The van der Waals surface area contributed by atoms with E-state index in [0.717, 1.165) is 21.7 Å². The Morgan fingerprint density at radius 3 is 2.95 bits per heavy atom. The van der Waals surface area contributed by atoms with Crippen molar-refractivity contribution in [1.82, 2.24) is 9.88 Å². The van der Waals surface area contributed by atoms with Gasteiger partial charge in [-0.15, -0.1) is 0 Å². The second-order valence-electron chi connectivity index (χ2n) is 5.64. The first-order valence-electron chi connectivity index (χ1n) is 7.19. The molecule has 1 aromatic carbocycles. The normalized spacial score (nSPS) is 21.4. The molecule has 3 rings (SSSR count). The van der Waals surface area contributed by atoms with Crippen molar-refractivity contribution in [2.75, 3.05) is 0 Å². The predicted octanol–water partition coefficient (Wildman–Crippen LogP) is 3.81. The zero-order valence-corrected chi connectivity index (χ0v) is 13.9. The van der Waals surface area contributed by atoms with Crippen LogP contribution in [0.5, 0.6) is 0 Å². The number of aliphatic hydroxyl groups is 1. The Bertz CT molecular complexity index is 707. The van der Waals surface area contributed by atoms with Gasteiger partial charge >= 0.3 is 0 Å². The van der Waals surface area contributed by atoms with Crippen LogP contribution in [0.2, 0.25) is 5.02 Å². The van der Waals surface area contributed by atoms with Crippen LogP contribution in [0, 0.1) is 6.92 Å². The quantitative estimate of drug-likeness (QED) is 0.867. The van der Waals surface area contributed by atoms with E-state index in [-0.39, 0.29) is 0 Å². The van der Waals surface area contributed by atoms with Crippen molar-refractivity contribution >= 4 is 28.8 Å². The van der Waals surface area contributed by atoms with Gasteiger partial charge < -0.3 is 10.0 Å². The van der Waals surface area contributed by atoms with E-state index in [9.17, 15) is 5.11 Å². The molecule has 5 heteroatoms. The van der Waals surface area contributed by atoms with Gasteiger partial charge in [0.1, 0.15) is 0 Å². The molecule has 0 radical (unpaired) electrons. The van der Waals surface area contributed by atoms with Crippen LogP contribution in [0.3, 0.4) is 0 Å². The van der Waals surface area contributed by atoms with Gasteiger partial charge in [-0.3, -0.25) is 4.98 Å². The summed E-state index contributed by atoms with van der Waals surface area (Å²) in [5.74, 6) is 0. The maximum absolute atomic E-state index is 11.3. The molecule has 1 saturated heterocycles. The van der Waals surface area contributed by atoms with Gasteiger partial charge in [0.05, 0.1) is 4.99 Å². The average Bonchev–Trinajstić information content (AvgIpc) is 2.80. The summed E-state index contributed by atoms with van der Waals surface area (Å²) in [6.07, 6.45) is 4.75. The highest BCUT2D eigenvalue weighted by Gasteiger charge is 2.44. The lowest BCUT2D eigenvalue weighted by atomic mass is 9.97. The molecule has 0 aliphatic carbocycles. The van der Waals surface area contributed by atoms with E-state index in [1.165, 1.54) is 0 Å². The number of likely N-dealkylation sites (tertiary alicyclic amines) is 1. The Hall–Kier alpha value is -1.49. The summed E-state index contributed by atoms with van der Waals surface area (Å²) in [5.41, 5.74) is 1.63. The first-order valence-corrected chi connectivity index (χ1v) is 7.98. The summed E-state index contributed by atoms with van der Waals surface area (Å²) in [4.78, 5) is 6.74. The van der Waals surface area contributed by atoms with Crippen LogP contribution in [-0.4, -0.2) is 20.0 Å². The SMILES string of the molecule is Cc1ccc(Cl)c(C2(O)CCC(=S)N2Cc2cccnc2)c1. The molecule has 1 atom stereocenters. The van der Waals surface area contributed by atoms with Gasteiger partial charge in [0, 0.05) is 42.4 Å². The van der Waals surface area contributed by atoms with E-state index >= 15 is 0 Å². The van der Waals surface area contributed by atoms with Gasteiger partial charge in [-0.1, -0.05) is 41.5 Å². The van der Waals surface area contributed by atoms with Gasteiger partial charge in [-0.25, -0.2) is 0 Å². The van der Waals surface area contributed by atoms with E-state index in [2.05, 4.69) is 4.98 Å². The maximum atomic E-state index is 11.3. The number of rotatable bonds is 3. The molecule has 0 amide bonds. The van der Waals surface area contributed by atoms with E-state index in [1.54, 1.807) is 12.4 Å². The number of nitrogens with zero attached hydrogens (tertiary/aromatic N) is 2. The number of pyridine rings is 1. The first-order chi connectivity index (χ1) is 10.5. The molecule has 1 fully saturated rings. The fourth-order valence-electron chi connectivity index (χ4n) is 2.88. The second-order valence-corrected chi connectivity index (χ2v) is 6.52. The van der Waals surface area contributed by atoms with Crippen molar-refractivity contribution < 1.29 is 5.11 Å². The molecule has 1 aliphatic rings. The van der Waals surface area contributed by atoms with Gasteiger partial charge in [0.15, 0.2) is 5.72 Å².